The fraction of sp³-hybridized carbons (Fsp3) is 0.263. The van der Waals surface area contributed by atoms with Crippen molar-refractivity contribution in [1.29, 1.82) is 0 Å². The average Bonchev–Trinajstić information content (AvgIpc) is 2.90. The summed E-state index contributed by atoms with van der Waals surface area (Å²) < 4.78 is 7.37. The van der Waals surface area contributed by atoms with Crippen LogP contribution in [0.1, 0.15) is 17.4 Å². The zero-order valence-corrected chi connectivity index (χ0v) is 14.2. The van der Waals surface area contributed by atoms with Gasteiger partial charge in [0.05, 0.1) is 37.2 Å². The van der Waals surface area contributed by atoms with Crippen molar-refractivity contribution in [1.82, 2.24) is 24.8 Å². The molecule has 0 aliphatic carbocycles. The molecular formula is C19H19N5O2. The molecule has 0 spiro atoms. The Morgan fingerprint density at radius 1 is 1.19 bits per heavy atom. The van der Waals surface area contributed by atoms with E-state index in [1.165, 1.54) is 12.4 Å². The molecule has 1 aliphatic rings. The van der Waals surface area contributed by atoms with Crippen molar-refractivity contribution < 1.29 is 4.74 Å². The van der Waals surface area contributed by atoms with E-state index in [-0.39, 0.29) is 11.6 Å². The molecule has 4 rings (SSSR count). The lowest BCUT2D eigenvalue weighted by molar-refractivity contribution is 0.117. The maximum atomic E-state index is 12.6. The average molecular weight is 349 g/mol. The Morgan fingerprint density at radius 3 is 2.88 bits per heavy atom. The number of hydrogen-bond acceptors (Lipinski definition) is 6. The predicted octanol–water partition coefficient (Wildman–Crippen LogP) is 1.56. The summed E-state index contributed by atoms with van der Waals surface area (Å²) in [6.07, 6.45) is 3.09. The van der Waals surface area contributed by atoms with Crippen LogP contribution in [0.15, 0.2) is 59.8 Å². The Hall–Kier alpha value is -2.90. The summed E-state index contributed by atoms with van der Waals surface area (Å²) in [6, 6.07) is 13.2. The Balaban J connectivity index is 1.68. The maximum absolute atomic E-state index is 12.6. The van der Waals surface area contributed by atoms with Crippen molar-refractivity contribution >= 4 is 0 Å². The number of nitrogens with zero attached hydrogens (tertiary/aromatic N) is 4. The second-order valence-corrected chi connectivity index (χ2v) is 6.08. The molecule has 1 unspecified atom stereocenters. The molecule has 7 heteroatoms. The van der Waals surface area contributed by atoms with Crippen LogP contribution < -0.4 is 10.9 Å². The van der Waals surface area contributed by atoms with Crippen LogP contribution in [0.3, 0.4) is 0 Å². The molecule has 7 nitrogen and oxygen atoms in total. The summed E-state index contributed by atoms with van der Waals surface area (Å²) >= 11 is 0. The van der Waals surface area contributed by atoms with Gasteiger partial charge in [-0.25, -0.2) is 15.0 Å². The normalized spacial score (nSPS) is 16.7. The van der Waals surface area contributed by atoms with Crippen LogP contribution in [-0.4, -0.2) is 32.7 Å². The van der Waals surface area contributed by atoms with E-state index in [9.17, 15) is 4.79 Å². The molecule has 2 aromatic heterocycles. The third-order valence-electron chi connectivity index (χ3n) is 4.33. The van der Waals surface area contributed by atoms with Gasteiger partial charge in [0.1, 0.15) is 12.2 Å². The standard InChI is InChI=1S/C19H19N5O2/c25-18-10-16(15-6-7-20-13-22-15)23-19-17(12-26-9-8-24(18)19)21-11-14-4-2-1-3-5-14/h1-7,10,13,17,21H,8-9,11-12H2. The summed E-state index contributed by atoms with van der Waals surface area (Å²) in [6.45, 7) is 2.12. The highest BCUT2D eigenvalue weighted by atomic mass is 16.5. The predicted molar refractivity (Wildman–Crippen MR) is 96.4 cm³/mol. The summed E-state index contributed by atoms with van der Waals surface area (Å²) in [5, 5.41) is 3.46. The molecule has 0 radical (unpaired) electrons. The van der Waals surface area contributed by atoms with E-state index in [1.807, 2.05) is 18.2 Å². The molecule has 0 fully saturated rings. The number of aromatic nitrogens is 4. The highest BCUT2D eigenvalue weighted by Crippen LogP contribution is 2.18. The van der Waals surface area contributed by atoms with Gasteiger partial charge in [-0.1, -0.05) is 30.3 Å². The number of fused-ring (bicyclic) bond motifs is 1. The largest absolute Gasteiger partial charge is 0.377 e. The molecule has 3 heterocycles. The fourth-order valence-electron chi connectivity index (χ4n) is 3.01. The van der Waals surface area contributed by atoms with Gasteiger partial charge in [-0.2, -0.15) is 0 Å². The van der Waals surface area contributed by atoms with E-state index in [1.54, 1.807) is 16.8 Å². The van der Waals surface area contributed by atoms with E-state index >= 15 is 0 Å². The first kappa shape index (κ1) is 16.6. The van der Waals surface area contributed by atoms with E-state index in [0.717, 1.165) is 5.56 Å². The summed E-state index contributed by atoms with van der Waals surface area (Å²) in [7, 11) is 0. The van der Waals surface area contributed by atoms with Crippen LogP contribution in [0, 0.1) is 0 Å². The summed E-state index contributed by atoms with van der Waals surface area (Å²) in [5.74, 6) is 0.680. The molecule has 132 valence electrons. The van der Waals surface area contributed by atoms with Crippen LogP contribution in [0.5, 0.6) is 0 Å². The summed E-state index contributed by atoms with van der Waals surface area (Å²) in [4.78, 5) is 25.5. The smallest absolute Gasteiger partial charge is 0.254 e. The lowest BCUT2D eigenvalue weighted by Crippen LogP contribution is -2.32. The second kappa shape index (κ2) is 7.55. The van der Waals surface area contributed by atoms with Gasteiger partial charge in [-0.3, -0.25) is 9.36 Å². The molecule has 1 aliphatic heterocycles. The first-order chi connectivity index (χ1) is 12.8. The van der Waals surface area contributed by atoms with Crippen LogP contribution >= 0.6 is 0 Å². The molecule has 3 aromatic rings. The van der Waals surface area contributed by atoms with Crippen LogP contribution in [0.2, 0.25) is 0 Å². The number of ether oxygens (including phenoxy) is 1. The molecule has 26 heavy (non-hydrogen) atoms. The van der Waals surface area contributed by atoms with E-state index in [0.29, 0.717) is 43.5 Å². The lowest BCUT2D eigenvalue weighted by Gasteiger charge is -2.19. The maximum Gasteiger partial charge on any atom is 0.254 e. The molecule has 1 atom stereocenters. The number of hydrogen-bond donors (Lipinski definition) is 1. The third kappa shape index (κ3) is 3.54. The molecule has 0 saturated carbocycles. The monoisotopic (exact) mass is 349 g/mol. The van der Waals surface area contributed by atoms with Gasteiger partial charge in [0.2, 0.25) is 0 Å². The van der Waals surface area contributed by atoms with Gasteiger partial charge in [-0.15, -0.1) is 0 Å². The van der Waals surface area contributed by atoms with Gasteiger partial charge in [-0.05, 0) is 11.6 Å². The second-order valence-electron chi connectivity index (χ2n) is 6.08. The molecule has 1 N–H and O–H groups in total. The topological polar surface area (TPSA) is 81.9 Å². The molecular weight excluding hydrogens is 330 g/mol. The van der Waals surface area contributed by atoms with Crippen LogP contribution in [-0.2, 0) is 17.8 Å². The summed E-state index contributed by atoms with van der Waals surface area (Å²) in [5.41, 5.74) is 2.25. The van der Waals surface area contributed by atoms with Gasteiger partial charge >= 0.3 is 0 Å². The van der Waals surface area contributed by atoms with Gasteiger partial charge in [0.15, 0.2) is 0 Å². The van der Waals surface area contributed by atoms with Gasteiger partial charge in [0.25, 0.3) is 5.56 Å². The van der Waals surface area contributed by atoms with Crippen LogP contribution in [0.25, 0.3) is 11.4 Å². The van der Waals surface area contributed by atoms with Crippen LogP contribution in [0.4, 0.5) is 0 Å². The highest BCUT2D eigenvalue weighted by molar-refractivity contribution is 5.52. The minimum Gasteiger partial charge on any atom is -0.377 e. The fourth-order valence-corrected chi connectivity index (χ4v) is 3.01. The number of nitrogens with one attached hydrogen (secondary N) is 1. The molecule has 0 saturated heterocycles. The quantitative estimate of drug-likeness (QED) is 0.770. The van der Waals surface area contributed by atoms with E-state index in [4.69, 9.17) is 9.72 Å². The van der Waals surface area contributed by atoms with Crippen molar-refractivity contribution in [3.8, 4) is 11.4 Å². The molecule has 0 amide bonds. The minimum absolute atomic E-state index is 0.0966. The van der Waals surface area contributed by atoms with Crippen molar-refractivity contribution in [2.24, 2.45) is 0 Å². The first-order valence-electron chi connectivity index (χ1n) is 8.54. The molecule has 0 bridgehead atoms. The van der Waals surface area contributed by atoms with Gasteiger partial charge < -0.3 is 10.1 Å². The van der Waals surface area contributed by atoms with E-state index in [2.05, 4.69) is 27.4 Å². The zero-order chi connectivity index (χ0) is 17.8. The first-order valence-corrected chi connectivity index (χ1v) is 8.54. The third-order valence-corrected chi connectivity index (χ3v) is 4.33. The van der Waals surface area contributed by atoms with Gasteiger partial charge in [0, 0.05) is 18.8 Å². The minimum atomic E-state index is -0.174. The SMILES string of the molecule is O=c1cc(-c2ccncn2)nc2n1CCOCC2NCc1ccccc1. The van der Waals surface area contributed by atoms with Crippen molar-refractivity contribution in [3.63, 3.8) is 0 Å². The Labute approximate surface area is 150 Å². The lowest BCUT2D eigenvalue weighted by atomic mass is 10.2. The highest BCUT2D eigenvalue weighted by Gasteiger charge is 2.22. The zero-order valence-electron chi connectivity index (χ0n) is 14.2. The van der Waals surface area contributed by atoms with Crippen molar-refractivity contribution in [2.45, 2.75) is 19.1 Å². The molecule has 1 aromatic carbocycles. The Bertz CT molecular complexity index is 928. The van der Waals surface area contributed by atoms with Crippen molar-refractivity contribution in [2.75, 3.05) is 13.2 Å². The number of rotatable bonds is 4. The van der Waals surface area contributed by atoms with Crippen molar-refractivity contribution in [3.05, 3.63) is 76.7 Å². The Kier molecular flexibility index (Phi) is 4.81. The number of benzene rings is 1. The van der Waals surface area contributed by atoms with E-state index < -0.39 is 0 Å². The Morgan fingerprint density at radius 2 is 2.08 bits per heavy atom.